The lowest BCUT2D eigenvalue weighted by Crippen LogP contribution is -2.42. The Balaban J connectivity index is 3.00. The van der Waals surface area contributed by atoms with Gasteiger partial charge in [-0.3, -0.25) is 10.2 Å². The van der Waals surface area contributed by atoms with Gasteiger partial charge in [-0.15, -0.1) is 0 Å². The van der Waals surface area contributed by atoms with Gasteiger partial charge in [0.2, 0.25) is 0 Å². The van der Waals surface area contributed by atoms with Gasteiger partial charge in [0, 0.05) is 12.5 Å². The van der Waals surface area contributed by atoms with E-state index in [9.17, 15) is 13.2 Å². The number of sulfonamides is 1. The third-order valence-corrected chi connectivity index (χ3v) is 4.48. The lowest BCUT2D eigenvalue weighted by molar-refractivity contribution is -0.118. The second-order valence-electron chi connectivity index (χ2n) is 3.89. The molecule has 0 aromatic carbocycles. The molecule has 86 valence electrons. The predicted molar refractivity (Wildman–Crippen MR) is 57.3 cm³/mol. The summed E-state index contributed by atoms with van der Waals surface area (Å²) in [6.07, 6.45) is 1.84. The van der Waals surface area contributed by atoms with Crippen LogP contribution in [0.25, 0.3) is 0 Å². The quantitative estimate of drug-likeness (QED) is 0.535. The third-order valence-electron chi connectivity index (χ3n) is 2.60. The lowest BCUT2D eigenvalue weighted by Gasteiger charge is -2.24. The second kappa shape index (κ2) is 4.40. The van der Waals surface area contributed by atoms with Crippen LogP contribution in [0.1, 0.15) is 33.1 Å². The Morgan fingerprint density at radius 3 is 2.67 bits per heavy atom. The van der Waals surface area contributed by atoms with Crippen molar-refractivity contribution < 1.29 is 13.2 Å². The van der Waals surface area contributed by atoms with Gasteiger partial charge in [0.15, 0.2) is 0 Å². The van der Waals surface area contributed by atoms with Gasteiger partial charge in [-0.1, -0.05) is 0 Å². The summed E-state index contributed by atoms with van der Waals surface area (Å²) in [6.45, 7) is 2.93. The van der Waals surface area contributed by atoms with Crippen molar-refractivity contribution in [2.45, 2.75) is 39.2 Å². The maximum atomic E-state index is 11.7. The smallest absolute Gasteiger partial charge is 0.256 e. The van der Waals surface area contributed by atoms with Crippen LogP contribution >= 0.6 is 0 Å². The first-order valence-corrected chi connectivity index (χ1v) is 6.38. The van der Waals surface area contributed by atoms with Crippen LogP contribution in [0.5, 0.6) is 0 Å². The highest BCUT2D eigenvalue weighted by Gasteiger charge is 2.32. The van der Waals surface area contributed by atoms with Crippen molar-refractivity contribution in [2.24, 2.45) is 0 Å². The van der Waals surface area contributed by atoms with Crippen molar-refractivity contribution in [2.75, 3.05) is 6.54 Å². The molecule has 0 amide bonds. The summed E-state index contributed by atoms with van der Waals surface area (Å²) in [4.78, 5) is 11.3. The first-order chi connectivity index (χ1) is 6.85. The number of nitrogens with one attached hydrogen (secondary N) is 1. The zero-order valence-corrected chi connectivity index (χ0v) is 9.80. The maximum absolute atomic E-state index is 11.7. The van der Waals surface area contributed by atoms with Crippen LogP contribution in [-0.2, 0) is 14.8 Å². The Morgan fingerprint density at radius 2 is 2.13 bits per heavy atom. The number of rotatable bonds is 1. The van der Waals surface area contributed by atoms with Gasteiger partial charge in [0.05, 0.1) is 6.54 Å². The number of hydrogen-bond acceptors (Lipinski definition) is 4. The van der Waals surface area contributed by atoms with Crippen LogP contribution in [0, 0.1) is 5.41 Å². The molecular weight excluding hydrogens is 216 g/mol. The van der Waals surface area contributed by atoms with E-state index in [2.05, 4.69) is 0 Å². The Labute approximate surface area is 90.0 Å². The van der Waals surface area contributed by atoms with Gasteiger partial charge in [-0.25, -0.2) is 8.42 Å². The molecule has 0 saturated carbocycles. The molecule has 1 heterocycles. The summed E-state index contributed by atoms with van der Waals surface area (Å²) in [5.74, 6) is -0.0656. The van der Waals surface area contributed by atoms with Crippen molar-refractivity contribution in [1.82, 2.24) is 4.31 Å². The number of ketones is 1. The maximum Gasteiger partial charge on any atom is 0.256 e. The minimum atomic E-state index is -3.71. The van der Waals surface area contributed by atoms with Crippen LogP contribution in [-0.4, -0.2) is 36.1 Å². The fourth-order valence-corrected chi connectivity index (χ4v) is 2.89. The lowest BCUT2D eigenvalue weighted by atomic mass is 10.1. The van der Waals surface area contributed by atoms with Gasteiger partial charge in [0.1, 0.15) is 10.8 Å². The van der Waals surface area contributed by atoms with Crippen molar-refractivity contribution >= 4 is 20.9 Å². The average Bonchev–Trinajstić information content (AvgIpc) is 2.28. The van der Waals surface area contributed by atoms with Gasteiger partial charge < -0.3 is 0 Å². The minimum absolute atomic E-state index is 0.0656. The molecule has 0 bridgehead atoms. The molecule has 1 fully saturated rings. The summed E-state index contributed by atoms with van der Waals surface area (Å²) in [5, 5.41) is 6.82. The van der Waals surface area contributed by atoms with Crippen molar-refractivity contribution in [3.05, 3.63) is 0 Å². The molecule has 1 aliphatic rings. The van der Waals surface area contributed by atoms with E-state index < -0.39 is 15.1 Å². The topological polar surface area (TPSA) is 78.3 Å². The van der Waals surface area contributed by atoms with Crippen molar-refractivity contribution in [3.8, 4) is 0 Å². The fraction of sp³-hybridized carbons (Fsp3) is 0.778. The molecule has 0 spiro atoms. The molecule has 1 saturated heterocycles. The molecule has 1 rings (SSSR count). The molecule has 15 heavy (non-hydrogen) atoms. The number of hydrogen-bond donors (Lipinski definition) is 1. The van der Waals surface area contributed by atoms with E-state index in [4.69, 9.17) is 5.41 Å². The molecule has 6 heteroatoms. The molecular formula is C9H16N2O3S. The number of nitrogens with zero attached hydrogens (tertiary/aromatic N) is 1. The number of Topliss-reactive ketones (excluding diaryl/α,β-unsaturated/α-hetero) is 1. The van der Waals surface area contributed by atoms with E-state index >= 15 is 0 Å². The van der Waals surface area contributed by atoms with Crippen LogP contribution in [0.2, 0.25) is 0 Å². The van der Waals surface area contributed by atoms with E-state index in [-0.39, 0.29) is 18.4 Å². The Bertz CT molecular complexity index is 375. The molecule has 0 aromatic heterocycles. The second-order valence-corrected chi connectivity index (χ2v) is 5.92. The summed E-state index contributed by atoms with van der Waals surface area (Å²) >= 11 is 0. The van der Waals surface area contributed by atoms with Gasteiger partial charge in [0.25, 0.3) is 10.0 Å². The normalized spacial score (nSPS) is 24.9. The fourth-order valence-electron chi connectivity index (χ4n) is 1.65. The van der Waals surface area contributed by atoms with Gasteiger partial charge >= 0.3 is 0 Å². The SMILES string of the molecule is CC(=N)S(=O)(=O)N1CC(=O)CCCC1C. The van der Waals surface area contributed by atoms with E-state index in [1.165, 1.54) is 6.92 Å². The Kier molecular flexibility index (Phi) is 3.62. The molecule has 1 N–H and O–H groups in total. The average molecular weight is 232 g/mol. The summed E-state index contributed by atoms with van der Waals surface area (Å²) in [5.41, 5.74) is 0. The van der Waals surface area contributed by atoms with Crippen LogP contribution in [0.15, 0.2) is 0 Å². The zero-order chi connectivity index (χ0) is 11.6. The minimum Gasteiger partial charge on any atom is -0.298 e. The summed E-state index contributed by atoms with van der Waals surface area (Å²) in [7, 11) is -3.71. The zero-order valence-electron chi connectivity index (χ0n) is 8.99. The molecule has 1 aliphatic heterocycles. The summed E-state index contributed by atoms with van der Waals surface area (Å²) in [6, 6.07) is -0.193. The first-order valence-electron chi connectivity index (χ1n) is 4.94. The Hall–Kier alpha value is -0.750. The highest BCUT2D eigenvalue weighted by Crippen LogP contribution is 2.18. The van der Waals surface area contributed by atoms with E-state index in [1.807, 2.05) is 0 Å². The first kappa shape index (κ1) is 12.3. The highest BCUT2D eigenvalue weighted by molar-refractivity contribution is 8.04. The summed E-state index contributed by atoms with van der Waals surface area (Å²) < 4.78 is 24.6. The van der Waals surface area contributed by atoms with Crippen LogP contribution in [0.4, 0.5) is 0 Å². The molecule has 0 radical (unpaired) electrons. The standard InChI is InChI=1S/C9H16N2O3S/c1-7-4-3-5-9(12)6-11(7)15(13,14)8(2)10/h7,10H,3-6H2,1-2H3. The van der Waals surface area contributed by atoms with Crippen LogP contribution < -0.4 is 0 Å². The number of carbonyl (C=O) groups excluding carboxylic acids is 1. The Morgan fingerprint density at radius 1 is 1.53 bits per heavy atom. The van der Waals surface area contributed by atoms with Gasteiger partial charge in [-0.05, 0) is 26.7 Å². The molecule has 1 atom stereocenters. The van der Waals surface area contributed by atoms with E-state index in [0.717, 1.165) is 10.7 Å². The third kappa shape index (κ3) is 2.63. The molecule has 0 aromatic rings. The van der Waals surface area contributed by atoms with E-state index in [1.54, 1.807) is 6.92 Å². The monoisotopic (exact) mass is 232 g/mol. The highest BCUT2D eigenvalue weighted by atomic mass is 32.2. The van der Waals surface area contributed by atoms with Crippen molar-refractivity contribution in [1.29, 1.82) is 5.41 Å². The molecule has 0 aliphatic carbocycles. The van der Waals surface area contributed by atoms with Gasteiger partial charge in [-0.2, -0.15) is 4.31 Å². The molecule has 1 unspecified atom stereocenters. The predicted octanol–water partition coefficient (Wildman–Crippen LogP) is 0.757. The number of carbonyl (C=O) groups is 1. The van der Waals surface area contributed by atoms with Crippen molar-refractivity contribution in [3.63, 3.8) is 0 Å². The van der Waals surface area contributed by atoms with Crippen LogP contribution in [0.3, 0.4) is 0 Å². The van der Waals surface area contributed by atoms with E-state index in [0.29, 0.717) is 12.8 Å². The largest absolute Gasteiger partial charge is 0.298 e. The molecule has 5 nitrogen and oxygen atoms in total.